The predicted molar refractivity (Wildman–Crippen MR) is 74.1 cm³/mol. The van der Waals surface area contributed by atoms with Gasteiger partial charge in [-0.15, -0.1) is 11.3 Å². The van der Waals surface area contributed by atoms with Gasteiger partial charge in [-0.25, -0.2) is 8.78 Å². The fourth-order valence-corrected chi connectivity index (χ4v) is 2.53. The molecule has 1 amide bonds. The van der Waals surface area contributed by atoms with Gasteiger partial charge >= 0.3 is 0 Å². The van der Waals surface area contributed by atoms with Crippen molar-refractivity contribution in [3.8, 4) is 11.1 Å². The van der Waals surface area contributed by atoms with Crippen LogP contribution in [0.5, 0.6) is 0 Å². The summed E-state index contributed by atoms with van der Waals surface area (Å²) in [6.45, 7) is -0.470. The van der Waals surface area contributed by atoms with Crippen molar-refractivity contribution in [2.75, 3.05) is 6.54 Å². The van der Waals surface area contributed by atoms with Crippen LogP contribution in [0.15, 0.2) is 41.8 Å². The second-order valence-electron chi connectivity index (χ2n) is 4.14. The molecule has 0 aliphatic carbocycles. The van der Waals surface area contributed by atoms with Gasteiger partial charge in [0.25, 0.3) is 12.3 Å². The zero-order valence-electron chi connectivity index (χ0n) is 10.4. The van der Waals surface area contributed by atoms with Crippen molar-refractivity contribution in [1.82, 2.24) is 5.32 Å². The van der Waals surface area contributed by atoms with E-state index in [9.17, 15) is 13.6 Å². The molecule has 1 atom stereocenters. The molecule has 6 heteroatoms. The Kier molecular flexibility index (Phi) is 4.81. The van der Waals surface area contributed by atoms with Gasteiger partial charge in [0.1, 0.15) is 6.10 Å². The van der Waals surface area contributed by atoms with Gasteiger partial charge in [-0.3, -0.25) is 4.79 Å². The van der Waals surface area contributed by atoms with Crippen LogP contribution in [0.4, 0.5) is 8.78 Å². The monoisotopic (exact) mass is 297 g/mol. The van der Waals surface area contributed by atoms with Crippen LogP contribution in [0.25, 0.3) is 11.1 Å². The molecule has 0 fully saturated rings. The number of amides is 1. The van der Waals surface area contributed by atoms with Crippen LogP contribution in [0.1, 0.15) is 9.67 Å². The molecule has 1 heterocycles. The standard InChI is InChI=1S/C14H13F2NO2S/c15-13(16)11(18)8-17-14(19)12-10(6-7-20-12)9-4-2-1-3-5-9/h1-7,11,13,18H,8H2,(H,17,19). The number of hydrogen-bond donors (Lipinski definition) is 2. The average Bonchev–Trinajstić information content (AvgIpc) is 2.94. The molecule has 0 aliphatic heterocycles. The van der Waals surface area contributed by atoms with E-state index in [0.717, 1.165) is 11.1 Å². The summed E-state index contributed by atoms with van der Waals surface area (Å²) in [6.07, 6.45) is -4.72. The maximum Gasteiger partial charge on any atom is 0.265 e. The summed E-state index contributed by atoms with van der Waals surface area (Å²) < 4.78 is 24.3. The first-order valence-corrected chi connectivity index (χ1v) is 6.85. The largest absolute Gasteiger partial charge is 0.385 e. The second kappa shape index (κ2) is 6.58. The summed E-state index contributed by atoms with van der Waals surface area (Å²) in [7, 11) is 0. The van der Waals surface area contributed by atoms with Crippen LogP contribution in [-0.4, -0.2) is 30.1 Å². The minimum Gasteiger partial charge on any atom is -0.385 e. The smallest absolute Gasteiger partial charge is 0.265 e. The molecule has 2 N–H and O–H groups in total. The molecule has 0 spiro atoms. The van der Waals surface area contributed by atoms with Gasteiger partial charge in [0.2, 0.25) is 0 Å². The molecule has 0 saturated carbocycles. The maximum absolute atomic E-state index is 12.2. The van der Waals surface area contributed by atoms with Gasteiger partial charge in [-0.1, -0.05) is 30.3 Å². The number of aliphatic hydroxyl groups excluding tert-OH is 1. The van der Waals surface area contributed by atoms with Gasteiger partial charge in [-0.05, 0) is 17.0 Å². The number of nitrogens with one attached hydrogen (secondary N) is 1. The van der Waals surface area contributed by atoms with E-state index < -0.39 is 25.0 Å². The van der Waals surface area contributed by atoms with Crippen LogP contribution in [0.3, 0.4) is 0 Å². The summed E-state index contributed by atoms with van der Waals surface area (Å²) in [5.41, 5.74) is 1.63. The third-order valence-corrected chi connectivity index (χ3v) is 3.63. The molecule has 3 nitrogen and oxygen atoms in total. The van der Waals surface area contributed by atoms with Crippen molar-refractivity contribution >= 4 is 17.2 Å². The molecule has 0 saturated heterocycles. The highest BCUT2D eigenvalue weighted by atomic mass is 32.1. The highest BCUT2D eigenvalue weighted by Gasteiger charge is 2.19. The van der Waals surface area contributed by atoms with E-state index in [1.165, 1.54) is 11.3 Å². The molecule has 106 valence electrons. The Morgan fingerprint density at radius 1 is 1.25 bits per heavy atom. The number of carbonyl (C=O) groups is 1. The molecule has 2 rings (SSSR count). The van der Waals surface area contributed by atoms with Crippen LogP contribution >= 0.6 is 11.3 Å². The fourth-order valence-electron chi connectivity index (χ4n) is 1.70. The molecule has 1 aromatic carbocycles. The van der Waals surface area contributed by atoms with Gasteiger partial charge in [0.15, 0.2) is 0 Å². The summed E-state index contributed by atoms with van der Waals surface area (Å²) in [6, 6.07) is 11.1. The number of carbonyl (C=O) groups excluding carboxylic acids is 1. The lowest BCUT2D eigenvalue weighted by Gasteiger charge is -2.11. The minimum absolute atomic E-state index is 0.442. The molecule has 1 aromatic heterocycles. The Labute approximate surface area is 118 Å². The first kappa shape index (κ1) is 14.6. The molecular weight excluding hydrogens is 284 g/mol. The van der Waals surface area contributed by atoms with E-state index in [-0.39, 0.29) is 0 Å². The second-order valence-corrected chi connectivity index (χ2v) is 5.06. The molecule has 0 aliphatic rings. The van der Waals surface area contributed by atoms with Crippen molar-refractivity contribution in [2.45, 2.75) is 12.5 Å². The predicted octanol–water partition coefficient (Wildman–Crippen LogP) is 2.77. The minimum atomic E-state index is -2.87. The zero-order valence-corrected chi connectivity index (χ0v) is 11.2. The number of halogens is 2. The molecular formula is C14H13F2NO2S. The lowest BCUT2D eigenvalue weighted by atomic mass is 10.1. The van der Waals surface area contributed by atoms with Crippen LogP contribution in [0.2, 0.25) is 0 Å². The van der Waals surface area contributed by atoms with Gasteiger partial charge in [0, 0.05) is 12.1 Å². The lowest BCUT2D eigenvalue weighted by molar-refractivity contribution is -0.00267. The van der Waals surface area contributed by atoms with Crippen LogP contribution in [-0.2, 0) is 0 Å². The number of benzene rings is 1. The van der Waals surface area contributed by atoms with Gasteiger partial charge in [-0.2, -0.15) is 0 Å². The van der Waals surface area contributed by atoms with Crippen LogP contribution in [0, 0.1) is 0 Å². The summed E-state index contributed by atoms with van der Waals surface area (Å²) in [4.78, 5) is 12.4. The number of aliphatic hydroxyl groups is 1. The first-order chi connectivity index (χ1) is 9.59. The molecule has 0 radical (unpaired) electrons. The number of thiophene rings is 1. The van der Waals surface area contributed by atoms with E-state index in [4.69, 9.17) is 5.11 Å². The number of alkyl halides is 2. The van der Waals surface area contributed by atoms with E-state index in [1.807, 2.05) is 30.3 Å². The van der Waals surface area contributed by atoms with E-state index in [0.29, 0.717) is 4.88 Å². The third kappa shape index (κ3) is 3.40. The van der Waals surface area contributed by atoms with Crippen molar-refractivity contribution in [3.05, 3.63) is 46.7 Å². The van der Waals surface area contributed by atoms with Crippen LogP contribution < -0.4 is 5.32 Å². The summed E-state index contributed by atoms with van der Waals surface area (Å²) in [5, 5.41) is 13.1. The quantitative estimate of drug-likeness (QED) is 0.891. The summed E-state index contributed by atoms with van der Waals surface area (Å²) >= 11 is 1.23. The van der Waals surface area contributed by atoms with E-state index in [2.05, 4.69) is 5.32 Å². The molecule has 1 unspecified atom stereocenters. The van der Waals surface area contributed by atoms with E-state index >= 15 is 0 Å². The Hall–Kier alpha value is -1.79. The number of rotatable bonds is 5. The lowest BCUT2D eigenvalue weighted by Crippen LogP contribution is -2.35. The third-order valence-electron chi connectivity index (χ3n) is 2.72. The summed E-state index contributed by atoms with van der Waals surface area (Å²) in [5.74, 6) is -0.460. The molecule has 2 aromatic rings. The first-order valence-electron chi connectivity index (χ1n) is 5.97. The van der Waals surface area contributed by atoms with Crippen molar-refractivity contribution in [3.63, 3.8) is 0 Å². The van der Waals surface area contributed by atoms with E-state index in [1.54, 1.807) is 11.4 Å². The topological polar surface area (TPSA) is 49.3 Å². The maximum atomic E-state index is 12.2. The van der Waals surface area contributed by atoms with Crippen molar-refractivity contribution < 1.29 is 18.7 Å². The molecule has 0 bridgehead atoms. The number of hydrogen-bond acceptors (Lipinski definition) is 3. The zero-order chi connectivity index (χ0) is 14.5. The molecule has 20 heavy (non-hydrogen) atoms. The average molecular weight is 297 g/mol. The Balaban J connectivity index is 2.10. The SMILES string of the molecule is O=C(NCC(O)C(F)F)c1sccc1-c1ccccc1. The Morgan fingerprint density at radius 2 is 1.95 bits per heavy atom. The van der Waals surface area contributed by atoms with Crippen molar-refractivity contribution in [2.24, 2.45) is 0 Å². The Bertz CT molecular complexity index is 572. The fraction of sp³-hybridized carbons (Fsp3) is 0.214. The highest BCUT2D eigenvalue weighted by molar-refractivity contribution is 7.12. The van der Waals surface area contributed by atoms with Gasteiger partial charge in [0.05, 0.1) is 4.88 Å². The highest BCUT2D eigenvalue weighted by Crippen LogP contribution is 2.27. The Morgan fingerprint density at radius 3 is 2.60 bits per heavy atom. The normalized spacial score (nSPS) is 12.4. The van der Waals surface area contributed by atoms with Gasteiger partial charge < -0.3 is 10.4 Å². The van der Waals surface area contributed by atoms with Crippen molar-refractivity contribution in [1.29, 1.82) is 0 Å².